The first-order chi connectivity index (χ1) is 9.93. The van der Waals surface area contributed by atoms with Crippen LogP contribution in [0.2, 0.25) is 0 Å². The van der Waals surface area contributed by atoms with Gasteiger partial charge in [0.2, 0.25) is 5.91 Å². The monoisotopic (exact) mass is 289 g/mol. The summed E-state index contributed by atoms with van der Waals surface area (Å²) in [6, 6.07) is 5.04. The minimum Gasteiger partial charge on any atom is -0.376 e. The van der Waals surface area contributed by atoms with Crippen molar-refractivity contribution in [3.8, 4) is 0 Å². The van der Waals surface area contributed by atoms with Crippen molar-refractivity contribution in [3.63, 3.8) is 0 Å². The summed E-state index contributed by atoms with van der Waals surface area (Å²) in [7, 11) is 1.46. The largest absolute Gasteiger partial charge is 0.376 e. The molecule has 0 fully saturated rings. The van der Waals surface area contributed by atoms with Gasteiger partial charge in [0, 0.05) is 18.8 Å². The Hall–Kier alpha value is -2.37. The molecule has 2 rings (SSSR count). The summed E-state index contributed by atoms with van der Waals surface area (Å²) in [6.07, 6.45) is 0.869. The summed E-state index contributed by atoms with van der Waals surface area (Å²) >= 11 is 0. The molecule has 0 bridgehead atoms. The number of nitrogens with one attached hydrogen (secondary N) is 2. The molecule has 1 aliphatic heterocycles. The molecular formula is C15H19N3O3. The fourth-order valence-electron chi connectivity index (χ4n) is 2.08. The van der Waals surface area contributed by atoms with Crippen molar-refractivity contribution in [2.45, 2.75) is 26.3 Å². The van der Waals surface area contributed by atoms with Gasteiger partial charge in [-0.25, -0.2) is 0 Å². The third-order valence-electron chi connectivity index (χ3n) is 3.56. The zero-order valence-electron chi connectivity index (χ0n) is 12.4. The van der Waals surface area contributed by atoms with Crippen LogP contribution in [-0.2, 0) is 4.79 Å². The number of carbonyl (C=O) groups is 3. The van der Waals surface area contributed by atoms with E-state index in [4.69, 9.17) is 0 Å². The summed E-state index contributed by atoms with van der Waals surface area (Å²) in [4.78, 5) is 36.4. The van der Waals surface area contributed by atoms with Crippen molar-refractivity contribution >= 4 is 23.4 Å². The summed E-state index contributed by atoms with van der Waals surface area (Å²) in [6.45, 7) is 4.06. The molecule has 1 aliphatic rings. The van der Waals surface area contributed by atoms with E-state index in [1.807, 2.05) is 13.8 Å². The maximum atomic E-state index is 11.9. The fourth-order valence-corrected chi connectivity index (χ4v) is 2.08. The van der Waals surface area contributed by atoms with E-state index in [0.717, 1.165) is 11.3 Å². The molecule has 6 heteroatoms. The molecule has 1 aromatic rings. The van der Waals surface area contributed by atoms with Crippen LogP contribution >= 0.6 is 0 Å². The Morgan fingerprint density at radius 1 is 1.24 bits per heavy atom. The molecule has 1 heterocycles. The maximum absolute atomic E-state index is 11.9. The number of carbonyl (C=O) groups excluding carboxylic acids is 3. The van der Waals surface area contributed by atoms with Crippen LogP contribution in [0.5, 0.6) is 0 Å². The molecule has 0 spiro atoms. The Labute approximate surface area is 123 Å². The zero-order valence-corrected chi connectivity index (χ0v) is 12.4. The topological polar surface area (TPSA) is 78.5 Å². The number of fused-ring (bicyclic) bond motifs is 1. The van der Waals surface area contributed by atoms with Gasteiger partial charge in [0.25, 0.3) is 11.8 Å². The molecule has 0 saturated carbocycles. The molecular weight excluding hydrogens is 270 g/mol. The van der Waals surface area contributed by atoms with Gasteiger partial charge in [0.15, 0.2) is 0 Å². The second-order valence-corrected chi connectivity index (χ2v) is 5.16. The lowest BCUT2D eigenvalue weighted by atomic mass is 10.1. The molecule has 0 radical (unpaired) electrons. The Balaban J connectivity index is 2.03. The average molecular weight is 289 g/mol. The van der Waals surface area contributed by atoms with Gasteiger partial charge in [-0.05, 0) is 31.5 Å². The first-order valence-corrected chi connectivity index (χ1v) is 6.93. The second kappa shape index (κ2) is 5.95. The van der Waals surface area contributed by atoms with Gasteiger partial charge in [-0.1, -0.05) is 6.92 Å². The van der Waals surface area contributed by atoms with Crippen molar-refractivity contribution in [2.24, 2.45) is 0 Å². The van der Waals surface area contributed by atoms with E-state index in [1.165, 1.54) is 7.05 Å². The second-order valence-electron chi connectivity index (χ2n) is 5.16. The normalized spacial score (nSPS) is 14.9. The van der Waals surface area contributed by atoms with Gasteiger partial charge in [-0.15, -0.1) is 0 Å². The molecule has 2 N–H and O–H groups in total. The highest BCUT2D eigenvalue weighted by atomic mass is 16.2. The van der Waals surface area contributed by atoms with Crippen molar-refractivity contribution < 1.29 is 14.4 Å². The number of anilines is 1. The van der Waals surface area contributed by atoms with Crippen LogP contribution < -0.4 is 10.6 Å². The molecule has 1 aromatic carbocycles. The predicted octanol–water partition coefficient (Wildman–Crippen LogP) is 1.24. The fraction of sp³-hybridized carbons (Fsp3) is 0.400. The number of hydrogen-bond donors (Lipinski definition) is 2. The highest BCUT2D eigenvalue weighted by Crippen LogP contribution is 2.24. The van der Waals surface area contributed by atoms with Crippen LogP contribution in [0.4, 0.5) is 5.69 Å². The number of hydrogen-bond acceptors (Lipinski definition) is 4. The molecule has 1 atom stereocenters. The molecule has 6 nitrogen and oxygen atoms in total. The Bertz CT molecular complexity index is 598. The van der Waals surface area contributed by atoms with Gasteiger partial charge in [0.1, 0.15) is 0 Å². The first kappa shape index (κ1) is 15.0. The third-order valence-corrected chi connectivity index (χ3v) is 3.56. The van der Waals surface area contributed by atoms with Gasteiger partial charge >= 0.3 is 0 Å². The zero-order chi connectivity index (χ0) is 15.6. The van der Waals surface area contributed by atoms with Crippen LogP contribution in [0.3, 0.4) is 0 Å². The van der Waals surface area contributed by atoms with E-state index in [1.54, 1.807) is 18.2 Å². The molecule has 0 aromatic heterocycles. The molecule has 3 amide bonds. The Morgan fingerprint density at radius 2 is 1.90 bits per heavy atom. The van der Waals surface area contributed by atoms with E-state index < -0.39 is 0 Å². The first-order valence-electron chi connectivity index (χ1n) is 6.93. The number of amides is 3. The van der Waals surface area contributed by atoms with Crippen LogP contribution in [0, 0.1) is 0 Å². The Morgan fingerprint density at radius 3 is 2.57 bits per heavy atom. The van der Waals surface area contributed by atoms with Crippen LogP contribution in [0.15, 0.2) is 18.2 Å². The minimum absolute atomic E-state index is 0.107. The number of nitrogens with zero attached hydrogens (tertiary/aromatic N) is 1. The molecule has 1 unspecified atom stereocenters. The van der Waals surface area contributed by atoms with Crippen LogP contribution in [-0.4, -0.2) is 42.3 Å². The highest BCUT2D eigenvalue weighted by molar-refractivity contribution is 6.21. The number of rotatable bonds is 5. The minimum atomic E-state index is -0.317. The molecule has 112 valence electrons. The Kier molecular flexibility index (Phi) is 4.26. The lowest BCUT2D eigenvalue weighted by Crippen LogP contribution is -2.36. The standard InChI is InChI=1S/C15H19N3O3/c1-4-9(2)17-13(19)8-16-10-5-6-11-12(7-10)15(21)18(3)14(11)20/h5-7,9,16H,4,8H2,1-3H3,(H,17,19). The van der Waals surface area contributed by atoms with Gasteiger partial charge in [-0.2, -0.15) is 0 Å². The lowest BCUT2D eigenvalue weighted by molar-refractivity contribution is -0.120. The number of imide groups is 1. The van der Waals surface area contributed by atoms with E-state index >= 15 is 0 Å². The van der Waals surface area contributed by atoms with E-state index in [9.17, 15) is 14.4 Å². The quantitative estimate of drug-likeness (QED) is 0.799. The molecule has 0 saturated heterocycles. The molecule has 21 heavy (non-hydrogen) atoms. The van der Waals surface area contributed by atoms with Crippen molar-refractivity contribution in [1.29, 1.82) is 0 Å². The average Bonchev–Trinajstić information content (AvgIpc) is 2.69. The highest BCUT2D eigenvalue weighted by Gasteiger charge is 2.32. The van der Waals surface area contributed by atoms with Crippen LogP contribution in [0.1, 0.15) is 41.0 Å². The molecule has 0 aliphatic carbocycles. The number of benzene rings is 1. The summed E-state index contributed by atoms with van der Waals surface area (Å²) in [5.74, 6) is -0.719. The maximum Gasteiger partial charge on any atom is 0.261 e. The van der Waals surface area contributed by atoms with E-state index in [0.29, 0.717) is 16.8 Å². The SMILES string of the molecule is CCC(C)NC(=O)CNc1ccc2c(c1)C(=O)N(C)C2=O. The van der Waals surface area contributed by atoms with Gasteiger partial charge in [-0.3, -0.25) is 19.3 Å². The third kappa shape index (κ3) is 3.04. The van der Waals surface area contributed by atoms with E-state index in [2.05, 4.69) is 10.6 Å². The van der Waals surface area contributed by atoms with Crippen molar-refractivity contribution in [3.05, 3.63) is 29.3 Å². The van der Waals surface area contributed by atoms with Gasteiger partial charge < -0.3 is 10.6 Å². The van der Waals surface area contributed by atoms with Crippen molar-refractivity contribution in [1.82, 2.24) is 10.2 Å². The smallest absolute Gasteiger partial charge is 0.261 e. The lowest BCUT2D eigenvalue weighted by Gasteiger charge is -2.12. The van der Waals surface area contributed by atoms with Crippen molar-refractivity contribution in [2.75, 3.05) is 18.9 Å². The summed E-state index contributed by atoms with van der Waals surface area (Å²) in [5, 5.41) is 5.80. The van der Waals surface area contributed by atoms with E-state index in [-0.39, 0.29) is 30.3 Å². The predicted molar refractivity (Wildman–Crippen MR) is 79.3 cm³/mol. The summed E-state index contributed by atoms with van der Waals surface area (Å²) in [5.41, 5.74) is 1.41. The van der Waals surface area contributed by atoms with Gasteiger partial charge in [0.05, 0.1) is 17.7 Å². The summed E-state index contributed by atoms with van der Waals surface area (Å²) < 4.78 is 0. The van der Waals surface area contributed by atoms with Crippen LogP contribution in [0.25, 0.3) is 0 Å².